The number of aryl methyl sites for hydroxylation is 3. The fourth-order valence-electron chi connectivity index (χ4n) is 3.65. The summed E-state index contributed by atoms with van der Waals surface area (Å²) in [6, 6.07) is 11.6. The lowest BCUT2D eigenvalue weighted by Crippen LogP contribution is -2.41. The Morgan fingerprint density at radius 3 is 2.28 bits per heavy atom. The van der Waals surface area contributed by atoms with E-state index >= 15 is 0 Å². The van der Waals surface area contributed by atoms with Crippen LogP contribution in [-0.4, -0.2) is 38.1 Å². The number of nitrogens with zero attached hydrogens (tertiary/aromatic N) is 4. The molecule has 0 spiro atoms. The van der Waals surface area contributed by atoms with Crippen LogP contribution in [0.3, 0.4) is 0 Å². The summed E-state index contributed by atoms with van der Waals surface area (Å²) in [5, 5.41) is 7.74. The molecule has 1 saturated heterocycles. The van der Waals surface area contributed by atoms with Crippen molar-refractivity contribution >= 4 is 12.6 Å². The SMILES string of the molecule is Cc1cc(B2OC(C)(C)C(C)(C)O2)c(C)cc1OCc1ccccc1-n1nnn(C)c1=O. The van der Waals surface area contributed by atoms with E-state index < -0.39 is 18.3 Å². The Bertz CT molecular complexity index is 1200. The van der Waals surface area contributed by atoms with Crippen LogP contribution in [0.15, 0.2) is 41.2 Å². The van der Waals surface area contributed by atoms with Gasteiger partial charge in [0.15, 0.2) is 0 Å². The van der Waals surface area contributed by atoms with Gasteiger partial charge in [-0.05, 0) is 80.7 Å². The third-order valence-electron chi connectivity index (χ3n) is 6.40. The Balaban J connectivity index is 1.57. The quantitative estimate of drug-likeness (QED) is 0.572. The Morgan fingerprint density at radius 1 is 1.00 bits per heavy atom. The van der Waals surface area contributed by atoms with E-state index in [2.05, 4.69) is 16.5 Å². The predicted octanol–water partition coefficient (Wildman–Crippen LogP) is 2.46. The molecule has 4 rings (SSSR count). The maximum absolute atomic E-state index is 12.3. The van der Waals surface area contributed by atoms with Gasteiger partial charge in [0.2, 0.25) is 0 Å². The summed E-state index contributed by atoms with van der Waals surface area (Å²) in [6.07, 6.45) is 0. The molecule has 1 aromatic heterocycles. The Kier molecular flexibility index (Phi) is 5.50. The maximum Gasteiger partial charge on any atom is 0.495 e. The number of benzene rings is 2. The van der Waals surface area contributed by atoms with Gasteiger partial charge in [-0.1, -0.05) is 24.3 Å². The molecule has 1 aliphatic heterocycles. The highest BCUT2D eigenvalue weighted by atomic mass is 16.7. The van der Waals surface area contributed by atoms with Gasteiger partial charge in [-0.25, -0.2) is 4.79 Å². The number of rotatable bonds is 5. The summed E-state index contributed by atoms with van der Waals surface area (Å²) in [7, 11) is 1.15. The largest absolute Gasteiger partial charge is 0.495 e. The lowest BCUT2D eigenvalue weighted by molar-refractivity contribution is 0.00578. The van der Waals surface area contributed by atoms with Gasteiger partial charge in [0.25, 0.3) is 0 Å². The first-order valence-corrected chi connectivity index (χ1v) is 10.7. The standard InChI is InChI=1S/C23H29BN4O4/c1-15-13-20(16(2)12-18(15)24-31-22(3,4)23(5,6)32-24)30-14-17-10-8-9-11-19(17)28-21(29)27(7)25-26-28/h8-13H,14H2,1-7H3. The molecule has 0 amide bonds. The summed E-state index contributed by atoms with van der Waals surface area (Å²) in [5.74, 6) is 0.768. The van der Waals surface area contributed by atoms with Crippen molar-refractivity contribution in [3.05, 3.63) is 63.6 Å². The molecule has 0 aliphatic carbocycles. The minimum absolute atomic E-state index is 0.287. The smallest absolute Gasteiger partial charge is 0.489 e. The van der Waals surface area contributed by atoms with Gasteiger partial charge < -0.3 is 14.0 Å². The molecule has 8 nitrogen and oxygen atoms in total. The Morgan fingerprint density at radius 2 is 1.66 bits per heavy atom. The van der Waals surface area contributed by atoms with Crippen molar-refractivity contribution in [3.8, 4) is 11.4 Å². The first-order chi connectivity index (χ1) is 15.0. The molecule has 9 heteroatoms. The zero-order chi connectivity index (χ0) is 23.3. The molecular formula is C23H29BN4O4. The van der Waals surface area contributed by atoms with Gasteiger partial charge >= 0.3 is 12.8 Å². The first kappa shape index (κ1) is 22.3. The molecule has 2 aromatic carbocycles. The lowest BCUT2D eigenvalue weighted by Gasteiger charge is -2.32. The second-order valence-electron chi connectivity index (χ2n) is 9.28. The van der Waals surface area contributed by atoms with Crippen molar-refractivity contribution < 1.29 is 14.0 Å². The maximum atomic E-state index is 12.3. The Labute approximate surface area is 188 Å². The second kappa shape index (κ2) is 7.90. The van der Waals surface area contributed by atoms with E-state index in [1.165, 1.54) is 9.36 Å². The highest BCUT2D eigenvalue weighted by molar-refractivity contribution is 6.62. The van der Waals surface area contributed by atoms with Gasteiger partial charge in [0.1, 0.15) is 12.4 Å². The van der Waals surface area contributed by atoms with Gasteiger partial charge in [-0.15, -0.1) is 0 Å². The molecule has 32 heavy (non-hydrogen) atoms. The lowest BCUT2D eigenvalue weighted by atomic mass is 9.75. The highest BCUT2D eigenvalue weighted by Gasteiger charge is 2.52. The molecule has 0 saturated carbocycles. The highest BCUT2D eigenvalue weighted by Crippen LogP contribution is 2.37. The number of aromatic nitrogens is 4. The third kappa shape index (κ3) is 3.86. The van der Waals surface area contributed by atoms with Crippen molar-refractivity contribution in [1.82, 2.24) is 19.8 Å². The van der Waals surface area contributed by atoms with E-state index in [9.17, 15) is 4.79 Å². The molecular weight excluding hydrogens is 407 g/mol. The van der Waals surface area contributed by atoms with E-state index in [0.717, 1.165) is 27.9 Å². The van der Waals surface area contributed by atoms with Crippen molar-refractivity contribution in [1.29, 1.82) is 0 Å². The summed E-state index contributed by atoms with van der Waals surface area (Å²) in [4.78, 5) is 12.3. The van der Waals surface area contributed by atoms with Crippen LogP contribution in [0, 0.1) is 13.8 Å². The van der Waals surface area contributed by atoms with Gasteiger partial charge in [-0.3, -0.25) is 0 Å². The van der Waals surface area contributed by atoms with Crippen LogP contribution >= 0.6 is 0 Å². The molecule has 1 aliphatic rings. The molecule has 0 atom stereocenters. The van der Waals surface area contributed by atoms with Crippen LogP contribution in [0.1, 0.15) is 44.4 Å². The molecule has 0 N–H and O–H groups in total. The zero-order valence-corrected chi connectivity index (χ0v) is 19.7. The van der Waals surface area contributed by atoms with Crippen molar-refractivity contribution in [2.45, 2.75) is 59.4 Å². The van der Waals surface area contributed by atoms with Crippen LogP contribution in [0.2, 0.25) is 0 Å². The van der Waals surface area contributed by atoms with Crippen LogP contribution in [-0.2, 0) is 23.0 Å². The summed E-state index contributed by atoms with van der Waals surface area (Å²) in [5.41, 5.74) is 3.40. The monoisotopic (exact) mass is 436 g/mol. The molecule has 0 radical (unpaired) electrons. The van der Waals surface area contributed by atoms with Crippen LogP contribution in [0.25, 0.3) is 5.69 Å². The third-order valence-corrected chi connectivity index (χ3v) is 6.40. The number of hydrogen-bond acceptors (Lipinski definition) is 6. The van der Waals surface area contributed by atoms with E-state index in [-0.39, 0.29) is 12.3 Å². The van der Waals surface area contributed by atoms with Crippen LogP contribution < -0.4 is 15.9 Å². The minimum Gasteiger partial charge on any atom is -0.489 e. The molecule has 0 unspecified atom stereocenters. The van der Waals surface area contributed by atoms with Crippen LogP contribution in [0.5, 0.6) is 5.75 Å². The van der Waals surface area contributed by atoms with E-state index in [4.69, 9.17) is 14.0 Å². The molecule has 0 bridgehead atoms. The van der Waals surface area contributed by atoms with Crippen molar-refractivity contribution in [3.63, 3.8) is 0 Å². The average Bonchev–Trinajstić information content (AvgIpc) is 3.16. The average molecular weight is 436 g/mol. The van der Waals surface area contributed by atoms with Crippen molar-refractivity contribution in [2.75, 3.05) is 0 Å². The van der Waals surface area contributed by atoms with E-state index in [1.807, 2.05) is 71.9 Å². The molecule has 1 fully saturated rings. The van der Waals surface area contributed by atoms with E-state index in [0.29, 0.717) is 5.69 Å². The number of ether oxygens (including phenoxy) is 1. The Hall–Kier alpha value is -2.91. The zero-order valence-electron chi connectivity index (χ0n) is 19.7. The van der Waals surface area contributed by atoms with Crippen molar-refractivity contribution in [2.24, 2.45) is 7.05 Å². The fourth-order valence-corrected chi connectivity index (χ4v) is 3.65. The predicted molar refractivity (Wildman–Crippen MR) is 123 cm³/mol. The van der Waals surface area contributed by atoms with E-state index in [1.54, 1.807) is 7.05 Å². The molecule has 168 valence electrons. The topological polar surface area (TPSA) is 80.4 Å². The molecule has 2 heterocycles. The first-order valence-electron chi connectivity index (χ1n) is 10.7. The fraction of sp³-hybridized carbons (Fsp3) is 0.435. The number of tetrazole rings is 1. The number of hydrogen-bond donors (Lipinski definition) is 0. The van der Waals surface area contributed by atoms with Gasteiger partial charge in [0.05, 0.1) is 16.9 Å². The summed E-state index contributed by atoms with van der Waals surface area (Å²) >= 11 is 0. The summed E-state index contributed by atoms with van der Waals surface area (Å²) < 4.78 is 21.1. The second-order valence-corrected chi connectivity index (χ2v) is 9.28. The normalized spacial score (nSPS) is 17.0. The van der Waals surface area contributed by atoms with Gasteiger partial charge in [0, 0.05) is 12.6 Å². The van der Waals surface area contributed by atoms with Gasteiger partial charge in [-0.2, -0.15) is 9.36 Å². The number of para-hydroxylation sites is 1. The molecule has 3 aromatic rings. The van der Waals surface area contributed by atoms with Crippen LogP contribution in [0.4, 0.5) is 0 Å². The summed E-state index contributed by atoms with van der Waals surface area (Å²) in [6.45, 7) is 12.5. The minimum atomic E-state index is -0.419.